The topological polar surface area (TPSA) is 29.5 Å². The molecule has 0 aliphatic carbocycles. The summed E-state index contributed by atoms with van der Waals surface area (Å²) in [5.41, 5.74) is 2.40. The van der Waals surface area contributed by atoms with Gasteiger partial charge in [0.05, 0.1) is 12.2 Å². The summed E-state index contributed by atoms with van der Waals surface area (Å²) in [4.78, 5) is 0. The monoisotopic (exact) mass is 236 g/mol. The van der Waals surface area contributed by atoms with Crippen LogP contribution < -0.4 is 4.74 Å². The lowest BCUT2D eigenvalue weighted by Gasteiger charge is -2.19. The summed E-state index contributed by atoms with van der Waals surface area (Å²) in [5.74, 6) is 0.923. The number of aliphatic hydroxyl groups excluding tert-OH is 1. The molecule has 0 amide bonds. The van der Waals surface area contributed by atoms with E-state index in [9.17, 15) is 5.11 Å². The normalized spacial score (nSPS) is 14.4. The smallest absolute Gasteiger partial charge is 0.122 e. The molecule has 0 saturated carbocycles. The number of hydrogen-bond donors (Lipinski definition) is 1. The Hall–Kier alpha value is -1.02. The van der Waals surface area contributed by atoms with Crippen molar-refractivity contribution in [3.05, 3.63) is 29.3 Å². The van der Waals surface area contributed by atoms with E-state index in [1.165, 1.54) is 5.56 Å². The van der Waals surface area contributed by atoms with Crippen LogP contribution in [0.4, 0.5) is 0 Å². The SMILES string of the molecule is CCCC(O)CC(C)Oc1ccc(C)cc1C. The van der Waals surface area contributed by atoms with Gasteiger partial charge in [0.1, 0.15) is 5.75 Å². The molecule has 0 fully saturated rings. The third kappa shape index (κ3) is 4.78. The summed E-state index contributed by atoms with van der Waals surface area (Å²) in [6.45, 7) is 8.22. The molecular weight excluding hydrogens is 212 g/mol. The van der Waals surface area contributed by atoms with Crippen LogP contribution in [0.15, 0.2) is 18.2 Å². The predicted molar refractivity (Wildman–Crippen MR) is 71.5 cm³/mol. The maximum atomic E-state index is 9.73. The Balaban J connectivity index is 2.52. The third-order valence-corrected chi connectivity index (χ3v) is 2.88. The van der Waals surface area contributed by atoms with Gasteiger partial charge >= 0.3 is 0 Å². The largest absolute Gasteiger partial charge is 0.490 e. The highest BCUT2D eigenvalue weighted by Gasteiger charge is 2.11. The van der Waals surface area contributed by atoms with Crippen molar-refractivity contribution in [2.24, 2.45) is 0 Å². The Morgan fingerprint density at radius 3 is 2.59 bits per heavy atom. The molecule has 2 heteroatoms. The summed E-state index contributed by atoms with van der Waals surface area (Å²) in [6.07, 6.45) is 2.36. The molecule has 0 spiro atoms. The van der Waals surface area contributed by atoms with Crippen molar-refractivity contribution >= 4 is 0 Å². The van der Waals surface area contributed by atoms with Crippen molar-refractivity contribution < 1.29 is 9.84 Å². The van der Waals surface area contributed by atoms with Gasteiger partial charge in [-0.2, -0.15) is 0 Å². The summed E-state index contributed by atoms with van der Waals surface area (Å²) in [5, 5.41) is 9.73. The Bertz CT molecular complexity index is 347. The van der Waals surface area contributed by atoms with Gasteiger partial charge in [-0.25, -0.2) is 0 Å². The van der Waals surface area contributed by atoms with Crippen LogP contribution in [0.1, 0.15) is 44.2 Å². The minimum Gasteiger partial charge on any atom is -0.490 e. The number of rotatable bonds is 6. The van der Waals surface area contributed by atoms with Gasteiger partial charge < -0.3 is 9.84 Å². The average molecular weight is 236 g/mol. The molecule has 2 atom stereocenters. The molecule has 96 valence electrons. The van der Waals surface area contributed by atoms with Crippen LogP contribution in [0, 0.1) is 13.8 Å². The van der Waals surface area contributed by atoms with Crippen molar-refractivity contribution in [1.29, 1.82) is 0 Å². The molecule has 0 aliphatic heterocycles. The van der Waals surface area contributed by atoms with Crippen LogP contribution in [0.3, 0.4) is 0 Å². The molecule has 0 bridgehead atoms. The summed E-state index contributed by atoms with van der Waals surface area (Å²) in [7, 11) is 0. The summed E-state index contributed by atoms with van der Waals surface area (Å²) < 4.78 is 5.86. The standard InChI is InChI=1S/C15H24O2/c1-5-6-14(16)10-13(4)17-15-8-7-11(2)9-12(15)3/h7-9,13-14,16H,5-6,10H2,1-4H3. The van der Waals surface area contributed by atoms with Gasteiger partial charge in [0, 0.05) is 6.42 Å². The van der Waals surface area contributed by atoms with Gasteiger partial charge in [-0.3, -0.25) is 0 Å². The van der Waals surface area contributed by atoms with Gasteiger partial charge in [-0.15, -0.1) is 0 Å². The first-order valence-corrected chi connectivity index (χ1v) is 6.45. The molecule has 0 aromatic heterocycles. The molecule has 2 unspecified atom stereocenters. The van der Waals surface area contributed by atoms with E-state index >= 15 is 0 Å². The van der Waals surface area contributed by atoms with Crippen LogP contribution in [-0.4, -0.2) is 17.3 Å². The zero-order chi connectivity index (χ0) is 12.8. The fourth-order valence-corrected chi connectivity index (χ4v) is 2.03. The Kier molecular flexibility index (Phi) is 5.49. The molecule has 0 radical (unpaired) electrons. The lowest BCUT2D eigenvalue weighted by Crippen LogP contribution is -2.20. The number of aryl methyl sites for hydroxylation is 2. The van der Waals surface area contributed by atoms with Crippen LogP contribution in [0.25, 0.3) is 0 Å². The first-order chi connectivity index (χ1) is 8.02. The Morgan fingerprint density at radius 1 is 1.29 bits per heavy atom. The lowest BCUT2D eigenvalue weighted by atomic mass is 10.1. The maximum absolute atomic E-state index is 9.73. The van der Waals surface area contributed by atoms with Gasteiger partial charge in [-0.1, -0.05) is 31.0 Å². The first-order valence-electron chi connectivity index (χ1n) is 6.45. The second kappa shape index (κ2) is 6.65. The maximum Gasteiger partial charge on any atom is 0.122 e. The van der Waals surface area contributed by atoms with E-state index in [4.69, 9.17) is 4.74 Å². The summed E-state index contributed by atoms with van der Waals surface area (Å²) in [6, 6.07) is 6.18. The van der Waals surface area contributed by atoms with E-state index in [0.717, 1.165) is 24.2 Å². The van der Waals surface area contributed by atoms with Crippen LogP contribution in [0.2, 0.25) is 0 Å². The fourth-order valence-electron chi connectivity index (χ4n) is 2.03. The average Bonchev–Trinajstić information content (AvgIpc) is 2.22. The second-order valence-electron chi connectivity index (χ2n) is 4.88. The highest BCUT2D eigenvalue weighted by molar-refractivity contribution is 5.35. The molecule has 1 rings (SSSR count). The fraction of sp³-hybridized carbons (Fsp3) is 0.600. The highest BCUT2D eigenvalue weighted by Crippen LogP contribution is 2.21. The van der Waals surface area contributed by atoms with E-state index in [1.54, 1.807) is 0 Å². The molecule has 2 nitrogen and oxygen atoms in total. The molecule has 1 aromatic carbocycles. The molecule has 0 heterocycles. The van der Waals surface area contributed by atoms with E-state index in [-0.39, 0.29) is 12.2 Å². The van der Waals surface area contributed by atoms with E-state index in [2.05, 4.69) is 32.9 Å². The molecule has 17 heavy (non-hydrogen) atoms. The van der Waals surface area contributed by atoms with Crippen molar-refractivity contribution in [3.8, 4) is 5.75 Å². The van der Waals surface area contributed by atoms with Crippen LogP contribution in [-0.2, 0) is 0 Å². The molecular formula is C15H24O2. The molecule has 0 saturated heterocycles. The quantitative estimate of drug-likeness (QED) is 0.817. The second-order valence-corrected chi connectivity index (χ2v) is 4.88. The van der Waals surface area contributed by atoms with E-state index in [0.29, 0.717) is 6.42 Å². The van der Waals surface area contributed by atoms with Crippen molar-refractivity contribution in [1.82, 2.24) is 0 Å². The number of hydrogen-bond acceptors (Lipinski definition) is 2. The molecule has 1 aromatic rings. The zero-order valence-corrected chi connectivity index (χ0v) is 11.4. The van der Waals surface area contributed by atoms with Gasteiger partial charge in [0.25, 0.3) is 0 Å². The van der Waals surface area contributed by atoms with Crippen molar-refractivity contribution in [2.45, 2.75) is 59.2 Å². The number of benzene rings is 1. The number of ether oxygens (including phenoxy) is 1. The predicted octanol–water partition coefficient (Wildman–Crippen LogP) is 3.62. The van der Waals surface area contributed by atoms with Crippen LogP contribution >= 0.6 is 0 Å². The summed E-state index contributed by atoms with van der Waals surface area (Å²) >= 11 is 0. The first kappa shape index (κ1) is 14.0. The van der Waals surface area contributed by atoms with Crippen molar-refractivity contribution in [2.75, 3.05) is 0 Å². The lowest BCUT2D eigenvalue weighted by molar-refractivity contribution is 0.0959. The molecule has 0 aliphatic rings. The Labute approximate surface area is 105 Å². The third-order valence-electron chi connectivity index (χ3n) is 2.88. The minimum atomic E-state index is -0.249. The number of aliphatic hydroxyl groups is 1. The van der Waals surface area contributed by atoms with E-state index in [1.807, 2.05) is 13.0 Å². The zero-order valence-electron chi connectivity index (χ0n) is 11.4. The minimum absolute atomic E-state index is 0.0537. The Morgan fingerprint density at radius 2 is 2.00 bits per heavy atom. The molecule has 1 N–H and O–H groups in total. The van der Waals surface area contributed by atoms with Crippen LogP contribution in [0.5, 0.6) is 5.75 Å². The van der Waals surface area contributed by atoms with Gasteiger partial charge in [-0.05, 0) is 38.8 Å². The van der Waals surface area contributed by atoms with Gasteiger partial charge in [0.15, 0.2) is 0 Å². The van der Waals surface area contributed by atoms with Crippen molar-refractivity contribution in [3.63, 3.8) is 0 Å². The highest BCUT2D eigenvalue weighted by atomic mass is 16.5. The van der Waals surface area contributed by atoms with Gasteiger partial charge in [0.2, 0.25) is 0 Å². The van der Waals surface area contributed by atoms with E-state index < -0.39 is 0 Å².